The summed E-state index contributed by atoms with van der Waals surface area (Å²) in [6, 6.07) is 12.1. The first kappa shape index (κ1) is 21.1. The van der Waals surface area contributed by atoms with Crippen molar-refractivity contribution in [1.82, 2.24) is 4.90 Å². The van der Waals surface area contributed by atoms with Gasteiger partial charge >= 0.3 is 0 Å². The summed E-state index contributed by atoms with van der Waals surface area (Å²) in [5.41, 5.74) is 3.15. The van der Waals surface area contributed by atoms with E-state index in [-0.39, 0.29) is 12.0 Å². The number of piperazine rings is 1. The first-order valence-corrected chi connectivity index (χ1v) is 10.9. The van der Waals surface area contributed by atoms with Gasteiger partial charge in [0, 0.05) is 61.6 Å². The van der Waals surface area contributed by atoms with Crippen molar-refractivity contribution in [1.29, 1.82) is 0 Å². The van der Waals surface area contributed by atoms with Gasteiger partial charge in [0.15, 0.2) is 0 Å². The van der Waals surface area contributed by atoms with Crippen LogP contribution < -0.4 is 19.1 Å². The average Bonchev–Trinajstić information content (AvgIpc) is 3.16. The lowest BCUT2D eigenvalue weighted by Crippen LogP contribution is -2.48. The van der Waals surface area contributed by atoms with Crippen LogP contribution in [-0.2, 0) is 11.2 Å². The molecule has 4 rings (SSSR count). The summed E-state index contributed by atoms with van der Waals surface area (Å²) >= 11 is 0. The standard InChI is InChI=1S/C25H30N2O4/c1-4-30-23-16-20-14-18(2)31-24(20)15-19(23)8-9-25(28)27-12-10-26(11-13-27)21-6-5-7-22(17-21)29-3/h5-9,15-18H,4,10-14H2,1-3H3/b9-8+/t18-/m0/s1. The molecule has 2 heterocycles. The van der Waals surface area contributed by atoms with Crippen LogP contribution in [0.5, 0.6) is 17.2 Å². The molecule has 1 amide bonds. The Hall–Kier alpha value is -3.15. The highest BCUT2D eigenvalue weighted by Crippen LogP contribution is 2.35. The van der Waals surface area contributed by atoms with Crippen LogP contribution in [0.2, 0.25) is 0 Å². The Morgan fingerprint density at radius 2 is 2.00 bits per heavy atom. The van der Waals surface area contributed by atoms with E-state index in [1.165, 1.54) is 0 Å². The van der Waals surface area contributed by atoms with Gasteiger partial charge in [0.05, 0.1) is 13.7 Å². The zero-order chi connectivity index (χ0) is 21.8. The lowest BCUT2D eigenvalue weighted by molar-refractivity contribution is -0.126. The van der Waals surface area contributed by atoms with Gasteiger partial charge in [-0.15, -0.1) is 0 Å². The molecular formula is C25H30N2O4. The minimum Gasteiger partial charge on any atom is -0.497 e. The monoisotopic (exact) mass is 422 g/mol. The number of nitrogens with zero attached hydrogens (tertiary/aromatic N) is 2. The van der Waals surface area contributed by atoms with Gasteiger partial charge in [0.2, 0.25) is 5.91 Å². The number of fused-ring (bicyclic) bond motifs is 1. The molecule has 0 N–H and O–H groups in total. The van der Waals surface area contributed by atoms with Gasteiger partial charge in [-0.25, -0.2) is 0 Å². The summed E-state index contributed by atoms with van der Waals surface area (Å²) in [6.07, 6.45) is 4.54. The number of hydrogen-bond acceptors (Lipinski definition) is 5. The second-order valence-corrected chi connectivity index (χ2v) is 7.91. The Balaban J connectivity index is 1.40. The van der Waals surface area contributed by atoms with E-state index in [0.717, 1.165) is 53.6 Å². The molecule has 2 aromatic rings. The van der Waals surface area contributed by atoms with Gasteiger partial charge in [-0.2, -0.15) is 0 Å². The van der Waals surface area contributed by atoms with E-state index in [0.29, 0.717) is 19.7 Å². The summed E-state index contributed by atoms with van der Waals surface area (Å²) in [6.45, 7) is 7.56. The van der Waals surface area contributed by atoms with Gasteiger partial charge in [-0.1, -0.05) is 6.07 Å². The largest absolute Gasteiger partial charge is 0.497 e. The first-order valence-electron chi connectivity index (χ1n) is 10.9. The first-order chi connectivity index (χ1) is 15.1. The Bertz CT molecular complexity index is 964. The summed E-state index contributed by atoms with van der Waals surface area (Å²) in [7, 11) is 1.67. The van der Waals surface area contributed by atoms with Crippen LogP contribution in [0.15, 0.2) is 42.5 Å². The number of methoxy groups -OCH3 is 1. The molecule has 1 atom stereocenters. The summed E-state index contributed by atoms with van der Waals surface area (Å²) in [5.74, 6) is 2.54. The quantitative estimate of drug-likeness (QED) is 0.663. The molecule has 0 aromatic heterocycles. The maximum Gasteiger partial charge on any atom is 0.246 e. The lowest BCUT2D eigenvalue weighted by atomic mass is 10.1. The van der Waals surface area contributed by atoms with Gasteiger partial charge < -0.3 is 24.0 Å². The molecule has 2 aliphatic heterocycles. The molecule has 2 aliphatic rings. The predicted octanol–water partition coefficient (Wildman–Crippen LogP) is 3.78. The van der Waals surface area contributed by atoms with Gasteiger partial charge in [-0.3, -0.25) is 4.79 Å². The molecule has 6 nitrogen and oxygen atoms in total. The number of carbonyl (C=O) groups is 1. The van der Waals surface area contributed by atoms with Crippen LogP contribution in [0, 0.1) is 0 Å². The lowest BCUT2D eigenvalue weighted by Gasteiger charge is -2.35. The summed E-state index contributed by atoms with van der Waals surface area (Å²) in [4.78, 5) is 17.0. The maximum absolute atomic E-state index is 12.8. The highest BCUT2D eigenvalue weighted by molar-refractivity contribution is 5.92. The van der Waals surface area contributed by atoms with Gasteiger partial charge in [-0.05, 0) is 44.2 Å². The van der Waals surface area contributed by atoms with Crippen molar-refractivity contribution in [3.8, 4) is 17.2 Å². The highest BCUT2D eigenvalue weighted by Gasteiger charge is 2.22. The predicted molar refractivity (Wildman–Crippen MR) is 122 cm³/mol. The topological polar surface area (TPSA) is 51.2 Å². The van der Waals surface area contributed by atoms with Crippen molar-refractivity contribution in [2.24, 2.45) is 0 Å². The zero-order valence-corrected chi connectivity index (χ0v) is 18.5. The zero-order valence-electron chi connectivity index (χ0n) is 18.5. The van der Waals surface area contributed by atoms with Crippen LogP contribution >= 0.6 is 0 Å². The molecule has 0 radical (unpaired) electrons. The maximum atomic E-state index is 12.8. The van der Waals surface area contributed by atoms with Crippen molar-refractivity contribution in [2.75, 3.05) is 44.8 Å². The van der Waals surface area contributed by atoms with Crippen molar-refractivity contribution in [3.63, 3.8) is 0 Å². The van der Waals surface area contributed by atoms with Gasteiger partial charge in [0.25, 0.3) is 0 Å². The molecule has 2 aromatic carbocycles. The molecule has 0 aliphatic carbocycles. The van der Waals surface area contributed by atoms with E-state index < -0.39 is 0 Å². The van der Waals surface area contributed by atoms with Crippen molar-refractivity contribution in [2.45, 2.75) is 26.4 Å². The van der Waals surface area contributed by atoms with Crippen molar-refractivity contribution in [3.05, 3.63) is 53.6 Å². The number of hydrogen-bond donors (Lipinski definition) is 0. The molecule has 164 valence electrons. The Morgan fingerprint density at radius 1 is 1.19 bits per heavy atom. The van der Waals surface area contributed by atoms with E-state index in [9.17, 15) is 4.79 Å². The Labute approximate surface area is 184 Å². The molecule has 1 fully saturated rings. The number of amides is 1. The molecular weight excluding hydrogens is 392 g/mol. The third-order valence-corrected chi connectivity index (χ3v) is 5.74. The fourth-order valence-electron chi connectivity index (χ4n) is 4.12. The minimum absolute atomic E-state index is 0.0162. The molecule has 31 heavy (non-hydrogen) atoms. The van der Waals surface area contributed by atoms with Gasteiger partial charge in [0.1, 0.15) is 23.4 Å². The van der Waals surface area contributed by atoms with E-state index in [1.54, 1.807) is 13.2 Å². The van der Waals surface area contributed by atoms with Crippen LogP contribution in [0.4, 0.5) is 5.69 Å². The molecule has 0 bridgehead atoms. The highest BCUT2D eigenvalue weighted by atomic mass is 16.5. The fourth-order valence-corrected chi connectivity index (χ4v) is 4.12. The third kappa shape index (κ3) is 4.79. The van der Waals surface area contributed by atoms with Crippen LogP contribution in [0.3, 0.4) is 0 Å². The fraction of sp³-hybridized carbons (Fsp3) is 0.400. The van der Waals surface area contributed by atoms with E-state index >= 15 is 0 Å². The van der Waals surface area contributed by atoms with E-state index in [1.807, 2.05) is 48.2 Å². The Morgan fingerprint density at radius 3 is 2.74 bits per heavy atom. The number of anilines is 1. The normalized spacial score (nSPS) is 18.1. The second kappa shape index (κ2) is 9.33. The molecule has 0 spiro atoms. The SMILES string of the molecule is CCOc1cc2c(cc1/C=C/C(=O)N1CCN(c3cccc(OC)c3)CC1)O[C@@H](C)C2. The number of ether oxygens (including phenoxy) is 3. The number of carbonyl (C=O) groups excluding carboxylic acids is 1. The van der Waals surface area contributed by atoms with Crippen LogP contribution in [0.1, 0.15) is 25.0 Å². The minimum atomic E-state index is 0.0162. The third-order valence-electron chi connectivity index (χ3n) is 5.74. The Kier molecular flexibility index (Phi) is 6.35. The molecule has 1 saturated heterocycles. The smallest absolute Gasteiger partial charge is 0.246 e. The number of rotatable bonds is 6. The average molecular weight is 423 g/mol. The number of benzene rings is 2. The molecule has 6 heteroatoms. The molecule has 0 saturated carbocycles. The summed E-state index contributed by atoms with van der Waals surface area (Å²) < 4.78 is 17.0. The molecule has 0 unspecified atom stereocenters. The van der Waals surface area contributed by atoms with Crippen molar-refractivity contribution < 1.29 is 19.0 Å². The van der Waals surface area contributed by atoms with Crippen LogP contribution in [-0.4, -0.2) is 56.8 Å². The second-order valence-electron chi connectivity index (χ2n) is 7.91. The summed E-state index contributed by atoms with van der Waals surface area (Å²) in [5, 5.41) is 0. The van der Waals surface area contributed by atoms with E-state index in [4.69, 9.17) is 14.2 Å². The van der Waals surface area contributed by atoms with E-state index in [2.05, 4.69) is 17.9 Å². The van der Waals surface area contributed by atoms with Crippen molar-refractivity contribution >= 4 is 17.7 Å². The van der Waals surface area contributed by atoms with Crippen LogP contribution in [0.25, 0.3) is 6.08 Å².